The van der Waals surface area contributed by atoms with E-state index in [4.69, 9.17) is 27.7 Å². The molecule has 0 fully saturated rings. The van der Waals surface area contributed by atoms with E-state index in [0.29, 0.717) is 11.3 Å². The average Bonchev–Trinajstić information content (AvgIpc) is 2.02. The highest BCUT2D eigenvalue weighted by Crippen LogP contribution is 2.58. The monoisotopic (exact) mass is 232 g/mol. The number of hydrogen-bond acceptors (Lipinski definition) is 2. The summed E-state index contributed by atoms with van der Waals surface area (Å²) >= 11 is 11.6. The molecule has 0 aliphatic carbocycles. The van der Waals surface area contributed by atoms with Gasteiger partial charge in [-0.1, -0.05) is 34.6 Å². The fourth-order valence-electron chi connectivity index (χ4n) is 0.845. The topological polar surface area (TPSA) is 36.1 Å². The van der Waals surface area contributed by atoms with Crippen LogP contribution in [0, 0.1) is 11.3 Å². The summed E-state index contributed by atoms with van der Waals surface area (Å²) in [4.78, 5) is 0. The molecule has 0 bridgehead atoms. The van der Waals surface area contributed by atoms with Crippen molar-refractivity contribution in [2.75, 3.05) is 6.66 Å². The summed E-state index contributed by atoms with van der Waals surface area (Å²) in [5, 5.41) is 8.73. The van der Waals surface area contributed by atoms with Crippen molar-refractivity contribution in [3.8, 4) is 6.07 Å². The first-order valence-electron chi connectivity index (χ1n) is 3.51. The summed E-state index contributed by atoms with van der Waals surface area (Å²) in [5.74, 6) is -2.26. The molecule has 0 N–H and O–H groups in total. The van der Waals surface area contributed by atoms with Gasteiger partial charge in [0.05, 0.1) is 11.3 Å². The van der Waals surface area contributed by atoms with E-state index < -0.39 is 5.76 Å². The van der Waals surface area contributed by atoms with Gasteiger partial charge in [0, 0.05) is 0 Å². The highest BCUT2D eigenvalue weighted by Gasteiger charge is 2.05. The maximum Gasteiger partial charge on any atom is 0.139 e. The summed E-state index contributed by atoms with van der Waals surface area (Å²) in [6, 6.07) is 9.00. The standard InChI is InChI=1S/C8H7Cl2N2P/c1-13(9,10)12-8-5-3-2-4-7(8)6-11/h2-5H,1H3. The largest absolute Gasteiger partial charge is 0.235 e. The van der Waals surface area contributed by atoms with Crippen LogP contribution in [0.1, 0.15) is 5.56 Å². The van der Waals surface area contributed by atoms with Gasteiger partial charge in [0.1, 0.15) is 11.8 Å². The van der Waals surface area contributed by atoms with E-state index in [1.165, 1.54) is 0 Å². The van der Waals surface area contributed by atoms with Crippen LogP contribution in [0.3, 0.4) is 0 Å². The lowest BCUT2D eigenvalue weighted by atomic mass is 10.2. The fourth-order valence-corrected chi connectivity index (χ4v) is 1.89. The van der Waals surface area contributed by atoms with E-state index in [1.54, 1.807) is 30.9 Å². The molecule has 1 rings (SSSR count). The highest BCUT2D eigenvalue weighted by atomic mass is 35.9. The second-order valence-electron chi connectivity index (χ2n) is 2.48. The molecule has 0 unspecified atom stereocenters. The van der Waals surface area contributed by atoms with Crippen molar-refractivity contribution in [2.45, 2.75) is 0 Å². The molecule has 0 amide bonds. The van der Waals surface area contributed by atoms with Crippen LogP contribution < -0.4 is 0 Å². The molecule has 0 radical (unpaired) electrons. The SMILES string of the molecule is CP(Cl)(Cl)=Nc1ccccc1C#N. The van der Waals surface area contributed by atoms with Gasteiger partial charge in [-0.3, -0.25) is 0 Å². The van der Waals surface area contributed by atoms with Gasteiger partial charge in [0.15, 0.2) is 0 Å². The quantitative estimate of drug-likeness (QED) is 0.665. The van der Waals surface area contributed by atoms with E-state index in [9.17, 15) is 0 Å². The average molecular weight is 233 g/mol. The Bertz CT molecular complexity index is 395. The van der Waals surface area contributed by atoms with Gasteiger partial charge < -0.3 is 0 Å². The molecule has 0 saturated carbocycles. The van der Waals surface area contributed by atoms with Crippen LogP contribution in [0.5, 0.6) is 0 Å². The van der Waals surface area contributed by atoms with Crippen molar-refractivity contribution in [2.24, 2.45) is 4.74 Å². The predicted molar refractivity (Wildman–Crippen MR) is 57.8 cm³/mol. The second-order valence-corrected chi connectivity index (χ2v) is 8.66. The van der Waals surface area contributed by atoms with Crippen LogP contribution in [0.15, 0.2) is 29.0 Å². The van der Waals surface area contributed by atoms with Crippen LogP contribution in [0.2, 0.25) is 0 Å². The number of hydrogen-bond donors (Lipinski definition) is 0. The zero-order chi connectivity index (χ0) is 9.90. The van der Waals surface area contributed by atoms with Gasteiger partial charge in [-0.25, -0.2) is 4.74 Å². The van der Waals surface area contributed by atoms with Gasteiger partial charge in [-0.15, -0.1) is 0 Å². The molecule has 1 aromatic rings. The minimum atomic E-state index is -2.26. The molecule has 0 atom stereocenters. The van der Waals surface area contributed by atoms with Gasteiger partial charge in [-0.2, -0.15) is 5.26 Å². The molecular formula is C8H7Cl2N2P. The fraction of sp³-hybridized carbons (Fsp3) is 0.125. The first-order valence-corrected chi connectivity index (χ1v) is 7.51. The van der Waals surface area contributed by atoms with E-state index >= 15 is 0 Å². The van der Waals surface area contributed by atoms with Crippen molar-refractivity contribution in [3.05, 3.63) is 29.8 Å². The second kappa shape index (κ2) is 4.15. The summed E-state index contributed by atoms with van der Waals surface area (Å²) in [5.41, 5.74) is 1.06. The first kappa shape index (κ1) is 10.6. The normalized spacial score (nSPS) is 10.6. The zero-order valence-electron chi connectivity index (χ0n) is 6.91. The lowest BCUT2D eigenvalue weighted by Crippen LogP contribution is -1.73. The number of benzene rings is 1. The van der Waals surface area contributed by atoms with Crippen LogP contribution >= 0.6 is 28.2 Å². The number of nitrogens with zero attached hydrogens (tertiary/aromatic N) is 2. The van der Waals surface area contributed by atoms with Crippen LogP contribution in [0.25, 0.3) is 0 Å². The summed E-state index contributed by atoms with van der Waals surface area (Å²) < 4.78 is 4.08. The molecule has 0 saturated heterocycles. The molecule has 5 heteroatoms. The lowest BCUT2D eigenvalue weighted by Gasteiger charge is -2.01. The lowest BCUT2D eigenvalue weighted by molar-refractivity contribution is 1.45. The third-order valence-electron chi connectivity index (χ3n) is 1.31. The highest BCUT2D eigenvalue weighted by molar-refractivity contribution is 8.09. The van der Waals surface area contributed by atoms with Crippen LogP contribution in [0.4, 0.5) is 5.69 Å². The van der Waals surface area contributed by atoms with E-state index in [1.807, 2.05) is 6.07 Å². The Hall–Kier alpha value is -0.480. The zero-order valence-corrected chi connectivity index (χ0v) is 9.31. The van der Waals surface area contributed by atoms with Crippen LogP contribution in [-0.2, 0) is 0 Å². The molecule has 2 nitrogen and oxygen atoms in total. The Balaban J connectivity index is 3.25. The Labute approximate surface area is 86.7 Å². The Morgan fingerprint density at radius 3 is 2.54 bits per heavy atom. The molecule has 0 aliphatic heterocycles. The van der Waals surface area contributed by atoms with Crippen molar-refractivity contribution in [3.63, 3.8) is 0 Å². The third kappa shape index (κ3) is 3.40. The van der Waals surface area contributed by atoms with Crippen molar-refractivity contribution in [1.82, 2.24) is 0 Å². The summed E-state index contributed by atoms with van der Waals surface area (Å²) in [7, 11) is 0. The molecule has 1 aromatic carbocycles. The Morgan fingerprint density at radius 1 is 1.38 bits per heavy atom. The van der Waals surface area contributed by atoms with Gasteiger partial charge >= 0.3 is 0 Å². The maximum absolute atomic E-state index is 8.73. The minimum Gasteiger partial charge on any atom is -0.235 e. The van der Waals surface area contributed by atoms with Crippen molar-refractivity contribution < 1.29 is 0 Å². The van der Waals surface area contributed by atoms with Gasteiger partial charge in [0.2, 0.25) is 0 Å². The van der Waals surface area contributed by atoms with Gasteiger partial charge in [0.25, 0.3) is 0 Å². The maximum atomic E-state index is 8.73. The molecular weight excluding hydrogens is 226 g/mol. The minimum absolute atomic E-state index is 0.495. The first-order chi connectivity index (χ1) is 6.03. The molecule has 0 aliphatic rings. The van der Waals surface area contributed by atoms with Crippen molar-refractivity contribution in [1.29, 1.82) is 5.26 Å². The molecule has 0 heterocycles. The van der Waals surface area contributed by atoms with Gasteiger partial charge in [-0.05, 0) is 18.8 Å². The van der Waals surface area contributed by atoms with Crippen LogP contribution in [-0.4, -0.2) is 6.66 Å². The molecule has 0 aromatic heterocycles. The Kier molecular flexibility index (Phi) is 3.39. The van der Waals surface area contributed by atoms with E-state index in [-0.39, 0.29) is 0 Å². The molecule has 0 spiro atoms. The third-order valence-corrected chi connectivity index (χ3v) is 2.33. The summed E-state index contributed by atoms with van der Waals surface area (Å²) in [6.07, 6.45) is 0. The molecule has 68 valence electrons. The number of rotatable bonds is 1. The summed E-state index contributed by atoms with van der Waals surface area (Å²) in [6.45, 7) is 1.66. The van der Waals surface area contributed by atoms with E-state index in [2.05, 4.69) is 4.74 Å². The predicted octanol–water partition coefficient (Wildman–Crippen LogP) is 4.33. The number of nitriles is 1. The smallest absolute Gasteiger partial charge is 0.139 e. The van der Waals surface area contributed by atoms with E-state index in [0.717, 1.165) is 0 Å². The van der Waals surface area contributed by atoms with Crippen molar-refractivity contribution >= 4 is 33.9 Å². The number of halogens is 2. The Morgan fingerprint density at radius 2 is 2.00 bits per heavy atom. The molecule has 13 heavy (non-hydrogen) atoms.